The lowest BCUT2D eigenvalue weighted by Gasteiger charge is -2.35. The summed E-state index contributed by atoms with van der Waals surface area (Å²) >= 11 is 0. The first-order valence-electron chi connectivity index (χ1n) is 10.3. The van der Waals surface area contributed by atoms with Crippen molar-refractivity contribution in [3.8, 4) is 0 Å². The molecule has 2 saturated carbocycles. The molecule has 3 aliphatic rings. The highest BCUT2D eigenvalue weighted by atomic mass is 16.7. The largest absolute Gasteiger partial charge is 0.353 e. The first kappa shape index (κ1) is 19.4. The molecule has 1 spiro atoms. The van der Waals surface area contributed by atoms with Crippen LogP contribution >= 0.6 is 0 Å². The molecule has 0 bridgehead atoms. The summed E-state index contributed by atoms with van der Waals surface area (Å²) in [6, 6.07) is 0.421. The van der Waals surface area contributed by atoms with Crippen molar-refractivity contribution < 1.29 is 19.1 Å². The van der Waals surface area contributed by atoms with Gasteiger partial charge in [-0.2, -0.15) is 0 Å². The van der Waals surface area contributed by atoms with Crippen molar-refractivity contribution in [2.45, 2.75) is 88.5 Å². The van der Waals surface area contributed by atoms with Crippen LogP contribution in [0.5, 0.6) is 0 Å². The lowest BCUT2D eigenvalue weighted by Crippen LogP contribution is -2.44. The minimum Gasteiger partial charge on any atom is -0.353 e. The second-order valence-corrected chi connectivity index (χ2v) is 7.79. The van der Waals surface area contributed by atoms with E-state index >= 15 is 0 Å². The summed E-state index contributed by atoms with van der Waals surface area (Å²) in [4.78, 5) is 23.9. The number of carbonyl (C=O) groups is 2. The van der Waals surface area contributed by atoms with Crippen molar-refractivity contribution in [2.75, 3.05) is 19.8 Å². The molecule has 1 aliphatic heterocycles. The fourth-order valence-electron chi connectivity index (χ4n) is 4.22. The maximum atomic E-state index is 12.1. The number of nitrogens with one attached hydrogen (secondary N) is 3. The Hall–Kier alpha value is -1.34. The molecule has 7 heteroatoms. The molecule has 3 rings (SSSR count). The SMILES string of the molecule is O=C(CCCNC(=O)NC1CCCCC1)NC1CCC2(CC1)OCCO2. The van der Waals surface area contributed by atoms with E-state index in [9.17, 15) is 9.59 Å². The standard InChI is InChI=1S/C19H33N3O4/c23-17(21-16-8-10-19(11-9-16)25-13-14-26-19)7-4-12-20-18(24)22-15-5-2-1-3-6-15/h15-16H,1-14H2,(H,21,23)(H2,20,22,24). The third-order valence-corrected chi connectivity index (χ3v) is 5.73. The van der Waals surface area contributed by atoms with Gasteiger partial charge in [0.2, 0.25) is 5.91 Å². The van der Waals surface area contributed by atoms with Crippen LogP contribution in [0.4, 0.5) is 4.79 Å². The van der Waals surface area contributed by atoms with Gasteiger partial charge in [-0.15, -0.1) is 0 Å². The zero-order valence-corrected chi connectivity index (χ0v) is 15.7. The van der Waals surface area contributed by atoms with Gasteiger partial charge in [-0.1, -0.05) is 19.3 Å². The lowest BCUT2D eigenvalue weighted by molar-refractivity contribution is -0.180. The maximum absolute atomic E-state index is 12.1. The average Bonchev–Trinajstić information content (AvgIpc) is 3.10. The van der Waals surface area contributed by atoms with Crippen LogP contribution in [-0.4, -0.2) is 49.6 Å². The minimum absolute atomic E-state index is 0.0636. The lowest BCUT2D eigenvalue weighted by atomic mass is 9.90. The van der Waals surface area contributed by atoms with Gasteiger partial charge in [0.15, 0.2) is 5.79 Å². The van der Waals surface area contributed by atoms with E-state index in [2.05, 4.69) is 16.0 Å². The van der Waals surface area contributed by atoms with Crippen molar-refractivity contribution in [3.05, 3.63) is 0 Å². The van der Waals surface area contributed by atoms with E-state index in [1.165, 1.54) is 19.3 Å². The highest BCUT2D eigenvalue weighted by Crippen LogP contribution is 2.35. The molecular formula is C19H33N3O4. The fourth-order valence-corrected chi connectivity index (χ4v) is 4.22. The highest BCUT2D eigenvalue weighted by Gasteiger charge is 2.40. The Kier molecular flexibility index (Phi) is 7.14. The summed E-state index contributed by atoms with van der Waals surface area (Å²) in [6.07, 6.45) is 10.4. The summed E-state index contributed by atoms with van der Waals surface area (Å²) in [5.74, 6) is -0.315. The molecular weight excluding hydrogens is 334 g/mol. The van der Waals surface area contributed by atoms with E-state index in [1.54, 1.807) is 0 Å². The van der Waals surface area contributed by atoms with Gasteiger partial charge in [0.25, 0.3) is 0 Å². The second-order valence-electron chi connectivity index (χ2n) is 7.79. The van der Waals surface area contributed by atoms with Crippen LogP contribution < -0.4 is 16.0 Å². The number of ether oxygens (including phenoxy) is 2. The zero-order valence-electron chi connectivity index (χ0n) is 15.7. The molecule has 1 saturated heterocycles. The first-order valence-corrected chi connectivity index (χ1v) is 10.3. The summed E-state index contributed by atoms with van der Waals surface area (Å²) in [6.45, 7) is 1.89. The summed E-state index contributed by atoms with van der Waals surface area (Å²) in [7, 11) is 0. The van der Waals surface area contributed by atoms with Crippen LogP contribution in [0.25, 0.3) is 0 Å². The van der Waals surface area contributed by atoms with Crippen LogP contribution in [0.3, 0.4) is 0 Å². The van der Waals surface area contributed by atoms with Crippen molar-refractivity contribution in [1.29, 1.82) is 0 Å². The molecule has 26 heavy (non-hydrogen) atoms. The van der Waals surface area contributed by atoms with E-state index in [4.69, 9.17) is 9.47 Å². The monoisotopic (exact) mass is 367 g/mol. The van der Waals surface area contributed by atoms with Crippen molar-refractivity contribution in [2.24, 2.45) is 0 Å². The third kappa shape index (κ3) is 5.84. The Morgan fingerprint density at radius 3 is 2.23 bits per heavy atom. The molecule has 0 aromatic heterocycles. The van der Waals surface area contributed by atoms with Gasteiger partial charge < -0.3 is 25.4 Å². The van der Waals surface area contributed by atoms with Gasteiger partial charge in [0, 0.05) is 37.9 Å². The van der Waals surface area contributed by atoms with E-state index in [1.807, 2.05) is 0 Å². The van der Waals surface area contributed by atoms with Gasteiger partial charge in [-0.3, -0.25) is 4.79 Å². The van der Waals surface area contributed by atoms with Gasteiger partial charge in [-0.05, 0) is 32.1 Å². The van der Waals surface area contributed by atoms with E-state index in [-0.39, 0.29) is 23.8 Å². The predicted octanol–water partition coefficient (Wildman–Crippen LogP) is 2.20. The summed E-state index contributed by atoms with van der Waals surface area (Å²) in [5, 5.41) is 8.98. The van der Waals surface area contributed by atoms with Gasteiger partial charge in [-0.25, -0.2) is 4.79 Å². The quantitative estimate of drug-likeness (QED) is 0.628. The Balaban J connectivity index is 1.22. The van der Waals surface area contributed by atoms with E-state index < -0.39 is 0 Å². The highest BCUT2D eigenvalue weighted by molar-refractivity contribution is 5.76. The molecule has 0 radical (unpaired) electrons. The normalized spacial score (nSPS) is 23.7. The molecule has 1 heterocycles. The van der Waals surface area contributed by atoms with Crippen LogP contribution in [-0.2, 0) is 14.3 Å². The maximum Gasteiger partial charge on any atom is 0.315 e. The Bertz CT molecular complexity index is 463. The Morgan fingerprint density at radius 1 is 0.885 bits per heavy atom. The molecule has 0 aromatic carbocycles. The number of amides is 3. The van der Waals surface area contributed by atoms with Crippen LogP contribution in [0, 0.1) is 0 Å². The molecule has 148 valence electrons. The Morgan fingerprint density at radius 2 is 1.54 bits per heavy atom. The molecule has 3 fully saturated rings. The molecule has 3 N–H and O–H groups in total. The molecule has 0 atom stereocenters. The number of rotatable bonds is 6. The van der Waals surface area contributed by atoms with E-state index in [0.29, 0.717) is 38.6 Å². The van der Waals surface area contributed by atoms with Crippen molar-refractivity contribution in [1.82, 2.24) is 16.0 Å². The fraction of sp³-hybridized carbons (Fsp3) is 0.895. The van der Waals surface area contributed by atoms with Crippen molar-refractivity contribution in [3.63, 3.8) is 0 Å². The van der Waals surface area contributed by atoms with Gasteiger partial charge >= 0.3 is 6.03 Å². The molecule has 0 unspecified atom stereocenters. The molecule has 7 nitrogen and oxygen atoms in total. The number of hydrogen-bond donors (Lipinski definition) is 3. The minimum atomic E-state index is -0.378. The van der Waals surface area contributed by atoms with Crippen LogP contribution in [0.15, 0.2) is 0 Å². The Labute approximate surface area is 155 Å². The van der Waals surface area contributed by atoms with Gasteiger partial charge in [0.1, 0.15) is 0 Å². The van der Waals surface area contributed by atoms with Gasteiger partial charge in [0.05, 0.1) is 13.2 Å². The summed E-state index contributed by atoms with van der Waals surface area (Å²) < 4.78 is 11.4. The summed E-state index contributed by atoms with van der Waals surface area (Å²) in [5.41, 5.74) is 0. The number of hydrogen-bond acceptors (Lipinski definition) is 4. The number of urea groups is 1. The smallest absolute Gasteiger partial charge is 0.315 e. The second kappa shape index (κ2) is 9.55. The number of carbonyl (C=O) groups excluding carboxylic acids is 2. The third-order valence-electron chi connectivity index (χ3n) is 5.73. The molecule has 2 aliphatic carbocycles. The first-order chi connectivity index (χ1) is 12.7. The predicted molar refractivity (Wildman–Crippen MR) is 97.7 cm³/mol. The molecule has 3 amide bonds. The molecule has 0 aromatic rings. The zero-order chi connectivity index (χ0) is 18.2. The van der Waals surface area contributed by atoms with Crippen LogP contribution in [0.2, 0.25) is 0 Å². The topological polar surface area (TPSA) is 88.7 Å². The average molecular weight is 367 g/mol. The van der Waals surface area contributed by atoms with Crippen LogP contribution in [0.1, 0.15) is 70.6 Å². The van der Waals surface area contributed by atoms with E-state index in [0.717, 1.165) is 38.5 Å². The van der Waals surface area contributed by atoms with Crippen molar-refractivity contribution >= 4 is 11.9 Å².